The minimum atomic E-state index is -0.0198. The number of oxime groups is 1. The molecule has 0 saturated carbocycles. The fourth-order valence-electron chi connectivity index (χ4n) is 3.30. The van der Waals surface area contributed by atoms with Crippen LogP contribution in [0, 0.1) is 0 Å². The second kappa shape index (κ2) is 7.07. The molecule has 1 aromatic carbocycles. The first-order valence-electron chi connectivity index (χ1n) is 8.81. The van der Waals surface area contributed by atoms with Gasteiger partial charge < -0.3 is 15.1 Å². The summed E-state index contributed by atoms with van der Waals surface area (Å²) in [5, 5.41) is 6.87. The monoisotopic (exact) mass is 360 g/mol. The Bertz CT molecular complexity index is 1040. The van der Waals surface area contributed by atoms with Gasteiger partial charge in [0.1, 0.15) is 7.11 Å². The molecule has 136 valence electrons. The van der Waals surface area contributed by atoms with Gasteiger partial charge in [0, 0.05) is 41.7 Å². The molecule has 1 aliphatic heterocycles. The van der Waals surface area contributed by atoms with Crippen LogP contribution >= 0.6 is 0 Å². The number of nitrogens with zero attached hydrogens (tertiary/aromatic N) is 2. The average Bonchev–Trinajstić information content (AvgIpc) is 3.14. The van der Waals surface area contributed by atoms with Crippen molar-refractivity contribution in [3.8, 4) is 22.5 Å². The van der Waals surface area contributed by atoms with E-state index in [1.54, 1.807) is 6.20 Å². The van der Waals surface area contributed by atoms with Gasteiger partial charge in [0.15, 0.2) is 0 Å². The Morgan fingerprint density at radius 3 is 2.89 bits per heavy atom. The van der Waals surface area contributed by atoms with Crippen molar-refractivity contribution in [1.82, 2.24) is 15.3 Å². The smallest absolute Gasteiger partial charge is 0.253 e. The highest BCUT2D eigenvalue weighted by Crippen LogP contribution is 2.27. The first-order valence-corrected chi connectivity index (χ1v) is 8.81. The molecule has 27 heavy (non-hydrogen) atoms. The van der Waals surface area contributed by atoms with Crippen molar-refractivity contribution in [2.45, 2.75) is 13.3 Å². The quantitative estimate of drug-likeness (QED) is 0.553. The van der Waals surface area contributed by atoms with Gasteiger partial charge in [-0.05, 0) is 36.8 Å². The van der Waals surface area contributed by atoms with Crippen LogP contribution in [0.2, 0.25) is 0 Å². The molecule has 0 fully saturated rings. The fourth-order valence-corrected chi connectivity index (χ4v) is 3.30. The number of H-pyrrole nitrogens is 1. The predicted molar refractivity (Wildman–Crippen MR) is 105 cm³/mol. The first kappa shape index (κ1) is 17.0. The van der Waals surface area contributed by atoms with Crippen LogP contribution in [0.15, 0.2) is 53.8 Å². The van der Waals surface area contributed by atoms with E-state index in [0.717, 1.165) is 51.5 Å². The maximum atomic E-state index is 12.0. The Kier molecular flexibility index (Phi) is 4.46. The molecule has 6 nitrogen and oxygen atoms in total. The maximum Gasteiger partial charge on any atom is 0.253 e. The van der Waals surface area contributed by atoms with E-state index < -0.39 is 0 Å². The zero-order chi connectivity index (χ0) is 18.8. The molecule has 0 spiro atoms. The number of fused-ring (bicyclic) bond motifs is 1. The highest BCUT2D eigenvalue weighted by Gasteiger charge is 2.20. The average molecular weight is 360 g/mol. The molecule has 4 rings (SSSR count). The van der Waals surface area contributed by atoms with Crippen LogP contribution < -0.4 is 5.32 Å². The Hall–Kier alpha value is -3.41. The third kappa shape index (κ3) is 3.33. The summed E-state index contributed by atoms with van der Waals surface area (Å²) in [6.07, 6.45) is 2.60. The van der Waals surface area contributed by atoms with Gasteiger partial charge in [-0.25, -0.2) is 0 Å². The number of benzene rings is 1. The SMILES string of the molecule is CO/N=C(\C)c1cccc(-c2cc(-c3cc4c([nH]3)CCNC4=O)ccn2)c1. The number of hydrogen-bond donors (Lipinski definition) is 2. The second-order valence-corrected chi connectivity index (χ2v) is 6.45. The van der Waals surface area contributed by atoms with E-state index >= 15 is 0 Å². The summed E-state index contributed by atoms with van der Waals surface area (Å²) in [5.41, 5.74) is 7.27. The normalized spacial score (nSPS) is 13.9. The summed E-state index contributed by atoms with van der Waals surface area (Å²) >= 11 is 0. The number of carbonyl (C=O) groups is 1. The summed E-state index contributed by atoms with van der Waals surface area (Å²) < 4.78 is 0. The largest absolute Gasteiger partial charge is 0.399 e. The molecule has 3 heterocycles. The van der Waals surface area contributed by atoms with Crippen molar-refractivity contribution in [2.75, 3.05) is 13.7 Å². The Labute approximate surface area is 157 Å². The highest BCUT2D eigenvalue weighted by molar-refractivity contribution is 5.99. The van der Waals surface area contributed by atoms with Crippen LogP contribution in [0.4, 0.5) is 0 Å². The molecule has 0 saturated heterocycles. The maximum absolute atomic E-state index is 12.0. The lowest BCUT2D eigenvalue weighted by molar-refractivity contribution is 0.0946. The Morgan fingerprint density at radius 2 is 2.07 bits per heavy atom. The lowest BCUT2D eigenvalue weighted by Crippen LogP contribution is -2.31. The van der Waals surface area contributed by atoms with Crippen LogP contribution in [0.25, 0.3) is 22.5 Å². The number of hydrogen-bond acceptors (Lipinski definition) is 4. The molecule has 2 aromatic heterocycles. The van der Waals surface area contributed by atoms with E-state index in [1.807, 2.05) is 49.4 Å². The van der Waals surface area contributed by atoms with Crippen molar-refractivity contribution in [2.24, 2.45) is 5.16 Å². The van der Waals surface area contributed by atoms with E-state index in [9.17, 15) is 4.79 Å². The zero-order valence-electron chi connectivity index (χ0n) is 15.2. The van der Waals surface area contributed by atoms with E-state index in [-0.39, 0.29) is 5.91 Å². The van der Waals surface area contributed by atoms with Crippen LogP contribution in [0.1, 0.15) is 28.5 Å². The lowest BCUT2D eigenvalue weighted by atomic mass is 10.0. The molecule has 0 radical (unpaired) electrons. The Balaban J connectivity index is 1.71. The van der Waals surface area contributed by atoms with Gasteiger partial charge in [-0.15, -0.1) is 0 Å². The van der Waals surface area contributed by atoms with Crippen molar-refractivity contribution in [3.63, 3.8) is 0 Å². The molecule has 0 atom stereocenters. The lowest BCUT2D eigenvalue weighted by Gasteiger charge is -2.11. The standard InChI is InChI=1S/C21H20N4O2/c1-13(25-27-2)14-4-3-5-15(10-14)19-11-16(6-8-22-19)20-12-17-18(24-20)7-9-23-21(17)26/h3-6,8,10-12,24H,7,9H2,1-2H3,(H,23,26)/b25-13+. The molecular formula is C21H20N4O2. The number of nitrogens with one attached hydrogen (secondary N) is 2. The molecule has 3 aromatic rings. The minimum Gasteiger partial charge on any atom is -0.399 e. The van der Waals surface area contributed by atoms with Gasteiger partial charge in [0.05, 0.1) is 17.0 Å². The molecular weight excluding hydrogens is 340 g/mol. The summed E-state index contributed by atoms with van der Waals surface area (Å²) in [6.45, 7) is 2.57. The number of rotatable bonds is 4. The van der Waals surface area contributed by atoms with Crippen LogP contribution in [-0.4, -0.2) is 35.2 Å². The number of aromatic amines is 1. The number of amides is 1. The first-order chi connectivity index (χ1) is 13.2. The Morgan fingerprint density at radius 1 is 1.19 bits per heavy atom. The molecule has 0 bridgehead atoms. The number of aromatic nitrogens is 2. The van der Waals surface area contributed by atoms with Crippen molar-refractivity contribution >= 4 is 11.6 Å². The van der Waals surface area contributed by atoms with E-state index in [0.29, 0.717) is 6.54 Å². The fraction of sp³-hybridized carbons (Fsp3) is 0.190. The van der Waals surface area contributed by atoms with Crippen molar-refractivity contribution in [3.05, 3.63) is 65.5 Å². The van der Waals surface area contributed by atoms with Gasteiger partial charge >= 0.3 is 0 Å². The summed E-state index contributed by atoms with van der Waals surface area (Å²) in [5.74, 6) is -0.0198. The minimum absolute atomic E-state index is 0.0198. The van der Waals surface area contributed by atoms with Gasteiger partial charge in [0.25, 0.3) is 5.91 Å². The molecule has 1 amide bonds. The third-order valence-corrected chi connectivity index (χ3v) is 4.68. The molecule has 0 unspecified atom stereocenters. The molecule has 6 heteroatoms. The molecule has 0 aliphatic carbocycles. The van der Waals surface area contributed by atoms with Crippen LogP contribution in [0.5, 0.6) is 0 Å². The van der Waals surface area contributed by atoms with Gasteiger partial charge in [-0.1, -0.05) is 23.4 Å². The third-order valence-electron chi connectivity index (χ3n) is 4.68. The zero-order valence-corrected chi connectivity index (χ0v) is 15.2. The van der Waals surface area contributed by atoms with Gasteiger partial charge in [-0.2, -0.15) is 0 Å². The second-order valence-electron chi connectivity index (χ2n) is 6.45. The summed E-state index contributed by atoms with van der Waals surface area (Å²) in [4.78, 5) is 24.8. The van der Waals surface area contributed by atoms with E-state index in [2.05, 4.69) is 20.4 Å². The molecule has 2 N–H and O–H groups in total. The number of pyridine rings is 1. The molecule has 1 aliphatic rings. The van der Waals surface area contributed by atoms with Crippen molar-refractivity contribution in [1.29, 1.82) is 0 Å². The van der Waals surface area contributed by atoms with Gasteiger partial charge in [-0.3, -0.25) is 9.78 Å². The number of carbonyl (C=O) groups excluding carboxylic acids is 1. The van der Waals surface area contributed by atoms with Crippen LogP contribution in [0.3, 0.4) is 0 Å². The topological polar surface area (TPSA) is 79.4 Å². The van der Waals surface area contributed by atoms with Crippen LogP contribution in [-0.2, 0) is 11.3 Å². The summed E-state index contributed by atoms with van der Waals surface area (Å²) in [6, 6.07) is 13.9. The summed E-state index contributed by atoms with van der Waals surface area (Å²) in [7, 11) is 1.54. The van der Waals surface area contributed by atoms with E-state index in [1.165, 1.54) is 7.11 Å². The van der Waals surface area contributed by atoms with Crippen molar-refractivity contribution < 1.29 is 9.63 Å². The van der Waals surface area contributed by atoms with E-state index in [4.69, 9.17) is 4.84 Å². The predicted octanol–water partition coefficient (Wildman–Crippen LogP) is 3.40. The van der Waals surface area contributed by atoms with Gasteiger partial charge in [0.2, 0.25) is 0 Å². The highest BCUT2D eigenvalue weighted by atomic mass is 16.6.